The van der Waals surface area contributed by atoms with Crippen molar-refractivity contribution in [2.24, 2.45) is 10.8 Å². The van der Waals surface area contributed by atoms with Crippen LogP contribution in [0.4, 0.5) is 0 Å². The molecule has 0 saturated carbocycles. The monoisotopic (exact) mass is 1040 g/mol. The summed E-state index contributed by atoms with van der Waals surface area (Å²) in [6.45, 7) is 22.9. The predicted molar refractivity (Wildman–Crippen MR) is 262 cm³/mol. The molecule has 3 aromatic heterocycles. The number of pyridine rings is 1. The topological polar surface area (TPSA) is 83.5 Å². The molecule has 0 amide bonds. The first kappa shape index (κ1) is 48.4. The van der Waals surface area contributed by atoms with E-state index >= 15 is 0 Å². The number of ether oxygens (including phenoxy) is 1. The van der Waals surface area contributed by atoms with Gasteiger partial charge >= 0.3 is 20.1 Å². The van der Waals surface area contributed by atoms with Crippen LogP contribution in [-0.2, 0) is 30.9 Å². The van der Waals surface area contributed by atoms with E-state index < -0.39 is 0 Å². The maximum Gasteiger partial charge on any atom is 3.00 e. The summed E-state index contributed by atoms with van der Waals surface area (Å²) in [5.41, 5.74) is 10.6. The summed E-state index contributed by atoms with van der Waals surface area (Å²) in [6.07, 6.45) is 4.04. The third-order valence-electron chi connectivity index (χ3n) is 11.0. The van der Waals surface area contributed by atoms with Gasteiger partial charge in [0.05, 0.1) is 7.11 Å². The van der Waals surface area contributed by atoms with Crippen molar-refractivity contribution >= 4 is 32.8 Å². The van der Waals surface area contributed by atoms with Crippen molar-refractivity contribution < 1.29 is 24.8 Å². The van der Waals surface area contributed by atoms with Crippen LogP contribution in [0.3, 0.4) is 0 Å². The average Bonchev–Trinajstić information content (AvgIpc) is 3.91. The van der Waals surface area contributed by atoms with Crippen molar-refractivity contribution in [2.45, 2.75) is 92.9 Å². The Hall–Kier alpha value is -6.02. The summed E-state index contributed by atoms with van der Waals surface area (Å²) in [6, 6.07) is 54.0. The summed E-state index contributed by atoms with van der Waals surface area (Å²) >= 11 is 0. The van der Waals surface area contributed by atoms with Crippen molar-refractivity contribution in [1.82, 2.24) is 35.0 Å². The minimum Gasteiger partial charge on any atom is -0.516 e. The molecule has 6 aromatic carbocycles. The normalized spacial score (nSPS) is 11.9. The van der Waals surface area contributed by atoms with Gasteiger partial charge in [0.2, 0.25) is 0 Å². The first-order chi connectivity index (χ1) is 30.4. The summed E-state index contributed by atoms with van der Waals surface area (Å²) in [7, 11) is 1.66. The van der Waals surface area contributed by atoms with Crippen molar-refractivity contribution in [3.05, 3.63) is 169 Å². The molecule has 0 aliphatic rings. The van der Waals surface area contributed by atoms with Crippen molar-refractivity contribution in [2.75, 3.05) is 7.11 Å². The average molecular weight is 1040 g/mol. The quantitative estimate of drug-likeness (QED) is 0.141. The molecule has 0 bridgehead atoms. The Balaban J connectivity index is 0.000000162. The zero-order valence-electron chi connectivity index (χ0n) is 39.6. The molecule has 9 rings (SSSR count). The fourth-order valence-electron chi connectivity index (χ4n) is 8.81. The second kappa shape index (κ2) is 20.0. The maximum absolute atomic E-state index is 5.24. The van der Waals surface area contributed by atoms with Gasteiger partial charge < -0.3 is 9.72 Å². The third kappa shape index (κ3) is 12.4. The Morgan fingerprint density at radius 3 is 1.38 bits per heavy atom. The van der Waals surface area contributed by atoms with Gasteiger partial charge in [0.15, 0.2) is 0 Å². The van der Waals surface area contributed by atoms with Crippen LogP contribution in [0.1, 0.15) is 93.2 Å². The molecule has 0 aliphatic heterocycles. The number of benzene rings is 6. The molecule has 0 radical (unpaired) electrons. The van der Waals surface area contributed by atoms with Gasteiger partial charge in [0.1, 0.15) is 22.1 Å². The fraction of sp³-hybridized carbons (Fsp3) is 0.304. The van der Waals surface area contributed by atoms with E-state index in [0.29, 0.717) is 0 Å². The second-order valence-electron chi connectivity index (χ2n) is 20.1. The Bertz CT molecular complexity index is 2770. The molecule has 0 atom stereocenters. The summed E-state index contributed by atoms with van der Waals surface area (Å²) < 4.78 is 5.24. The third-order valence-corrected chi connectivity index (χ3v) is 11.0. The van der Waals surface area contributed by atoms with E-state index in [4.69, 9.17) is 4.74 Å². The van der Waals surface area contributed by atoms with E-state index in [-0.39, 0.29) is 41.8 Å². The van der Waals surface area contributed by atoms with Gasteiger partial charge in [-0.05, 0) is 92.7 Å². The van der Waals surface area contributed by atoms with E-state index in [9.17, 15) is 0 Å². The van der Waals surface area contributed by atoms with Gasteiger partial charge in [-0.2, -0.15) is 66.4 Å². The molecular weight excluding hydrogens is 979 g/mol. The van der Waals surface area contributed by atoms with Gasteiger partial charge in [0.25, 0.3) is 0 Å². The first-order valence-corrected chi connectivity index (χ1v) is 22.0. The van der Waals surface area contributed by atoms with E-state index in [1.807, 2.05) is 103 Å². The molecule has 0 fully saturated rings. The molecule has 0 saturated heterocycles. The maximum atomic E-state index is 5.24. The first-order valence-electron chi connectivity index (χ1n) is 22.0. The van der Waals surface area contributed by atoms with Crippen LogP contribution in [0.2, 0.25) is 0 Å². The van der Waals surface area contributed by atoms with E-state index in [2.05, 4.69) is 149 Å². The molecule has 3 heterocycles. The number of methoxy groups -OCH3 is 1. The van der Waals surface area contributed by atoms with Crippen LogP contribution in [0, 0.1) is 29.0 Å². The second-order valence-corrected chi connectivity index (χ2v) is 20.1. The molecule has 0 unspecified atom stereocenters. The van der Waals surface area contributed by atoms with Crippen LogP contribution in [-0.4, -0.2) is 42.1 Å². The van der Waals surface area contributed by atoms with E-state index in [1.165, 1.54) is 16.5 Å². The molecule has 0 N–H and O–H groups in total. The molecule has 9 aromatic rings. The number of hydrogen-bond acceptors (Lipinski definition) is 6. The molecule has 334 valence electrons. The van der Waals surface area contributed by atoms with Crippen LogP contribution in [0.25, 0.3) is 55.5 Å². The standard InChI is InChI=1S/2C20H24N3.C16H12NO.Ir/c2*1-19(2,3)14-20(4,5)15-9-8-10-16(13-15)23-21-17-11-6-7-12-18(17)22-23;1-18-14-7-4-6-13(11-14)16-15-8-3-2-5-12(15)9-10-17-16;/h2*6-9,11-13H,14H2,1-5H3;2-5,7-11H,1H3;/q3*-1;+3. The Kier molecular flexibility index (Phi) is 14.9. The molecule has 9 heteroatoms. The zero-order valence-corrected chi connectivity index (χ0v) is 42.0. The van der Waals surface area contributed by atoms with Gasteiger partial charge in [0, 0.05) is 11.9 Å². The SMILES string of the molecule is CC(C)(C)CC(C)(C)c1cc[c-]c(-n2nc3ccccc3n2)c1.CC(C)(C)CC(C)(C)c1cc[c-]c(-n2nc3ccccc3n2)c1.COc1cc[c-]c(-c2nccc3ccccc23)c1.[Ir+3]. The predicted octanol–water partition coefficient (Wildman–Crippen LogP) is 13.6. The Morgan fingerprint density at radius 1 is 0.508 bits per heavy atom. The van der Waals surface area contributed by atoms with E-state index in [0.717, 1.165) is 68.7 Å². The molecular formula is C56H60IrN7O. The van der Waals surface area contributed by atoms with E-state index in [1.54, 1.807) is 16.7 Å². The summed E-state index contributed by atoms with van der Waals surface area (Å²) in [5, 5.41) is 20.5. The fourth-order valence-corrected chi connectivity index (χ4v) is 8.81. The number of rotatable bonds is 8. The zero-order chi connectivity index (χ0) is 45.7. The molecule has 8 nitrogen and oxygen atoms in total. The summed E-state index contributed by atoms with van der Waals surface area (Å²) in [4.78, 5) is 7.83. The minimum absolute atomic E-state index is 0. The molecule has 65 heavy (non-hydrogen) atoms. The van der Waals surface area contributed by atoms with Gasteiger partial charge in [-0.15, -0.1) is 53.1 Å². The van der Waals surface area contributed by atoms with Gasteiger partial charge in [-0.3, -0.25) is 0 Å². The van der Waals surface area contributed by atoms with Crippen molar-refractivity contribution in [1.29, 1.82) is 0 Å². The van der Waals surface area contributed by atoms with Gasteiger partial charge in [-0.25, -0.2) is 0 Å². The Labute approximate surface area is 398 Å². The minimum atomic E-state index is 0. The molecule has 0 aliphatic carbocycles. The van der Waals surface area contributed by atoms with Crippen LogP contribution in [0.15, 0.2) is 140 Å². The smallest absolute Gasteiger partial charge is 0.516 e. The Morgan fingerprint density at radius 2 is 0.938 bits per heavy atom. The van der Waals surface area contributed by atoms with Crippen LogP contribution in [0.5, 0.6) is 5.75 Å². The summed E-state index contributed by atoms with van der Waals surface area (Å²) in [5.74, 6) is 0.818. The number of fused-ring (bicyclic) bond motifs is 3. The van der Waals surface area contributed by atoms with Crippen molar-refractivity contribution in [3.8, 4) is 28.4 Å². The van der Waals surface area contributed by atoms with Crippen LogP contribution < -0.4 is 4.74 Å². The number of nitrogens with zero attached hydrogens (tertiary/aromatic N) is 7. The van der Waals surface area contributed by atoms with Crippen molar-refractivity contribution in [3.63, 3.8) is 0 Å². The molecule has 0 spiro atoms. The largest absolute Gasteiger partial charge is 3.00 e. The van der Waals surface area contributed by atoms with Crippen LogP contribution >= 0.6 is 0 Å². The number of hydrogen-bond donors (Lipinski definition) is 0. The number of aromatic nitrogens is 7. The van der Waals surface area contributed by atoms with Gasteiger partial charge in [-0.1, -0.05) is 118 Å².